The Bertz CT molecular complexity index is 593. The van der Waals surface area contributed by atoms with E-state index in [4.69, 9.17) is 0 Å². The molecule has 110 valence electrons. The number of thiazole rings is 1. The first-order valence-electron chi connectivity index (χ1n) is 7.15. The molecule has 1 atom stereocenters. The lowest BCUT2D eigenvalue weighted by Crippen LogP contribution is -2.29. The van der Waals surface area contributed by atoms with Gasteiger partial charge in [0.15, 0.2) is 0 Å². The molecule has 21 heavy (non-hydrogen) atoms. The third kappa shape index (κ3) is 3.88. The average Bonchev–Trinajstić information content (AvgIpc) is 3.18. The molecule has 0 spiro atoms. The van der Waals surface area contributed by atoms with Gasteiger partial charge in [0.05, 0.1) is 6.04 Å². The zero-order valence-electron chi connectivity index (χ0n) is 11.6. The van der Waals surface area contributed by atoms with Gasteiger partial charge in [-0.25, -0.2) is 9.37 Å². The van der Waals surface area contributed by atoms with Crippen LogP contribution in [0.5, 0.6) is 0 Å². The fourth-order valence-corrected chi connectivity index (χ4v) is 3.13. The molecule has 0 aliphatic heterocycles. The maximum atomic E-state index is 12.8. The Hall–Kier alpha value is -1.75. The minimum absolute atomic E-state index is 0.0337. The molecule has 0 radical (unpaired) electrons. The van der Waals surface area contributed by atoms with Gasteiger partial charge in [0.25, 0.3) is 0 Å². The third-order valence-corrected chi connectivity index (χ3v) is 4.54. The number of carbonyl (C=O) groups excluding carboxylic acids is 1. The van der Waals surface area contributed by atoms with Crippen molar-refractivity contribution < 1.29 is 9.18 Å². The first kappa shape index (κ1) is 14.2. The molecule has 1 aliphatic rings. The molecule has 1 aromatic heterocycles. The molecule has 1 fully saturated rings. The van der Waals surface area contributed by atoms with Gasteiger partial charge in [-0.1, -0.05) is 12.1 Å². The Labute approximate surface area is 127 Å². The van der Waals surface area contributed by atoms with Crippen LogP contribution in [0.15, 0.2) is 35.8 Å². The fourth-order valence-electron chi connectivity index (χ4n) is 2.35. The molecular formula is C16H17FN2OS. The van der Waals surface area contributed by atoms with E-state index in [2.05, 4.69) is 10.3 Å². The Balaban J connectivity index is 1.54. The number of hydrogen-bond acceptors (Lipinski definition) is 3. The van der Waals surface area contributed by atoms with E-state index >= 15 is 0 Å². The molecule has 1 amide bonds. The normalized spacial score (nSPS) is 15.7. The zero-order valence-corrected chi connectivity index (χ0v) is 12.4. The van der Waals surface area contributed by atoms with Crippen LogP contribution in [-0.2, 0) is 11.2 Å². The maximum absolute atomic E-state index is 12.8. The number of amides is 1. The van der Waals surface area contributed by atoms with Crippen molar-refractivity contribution in [1.29, 1.82) is 0 Å². The van der Waals surface area contributed by atoms with Crippen LogP contribution in [0.25, 0.3) is 0 Å². The second-order valence-electron chi connectivity index (χ2n) is 5.38. The predicted octanol–water partition coefficient (Wildman–Crippen LogP) is 3.48. The van der Waals surface area contributed by atoms with E-state index in [1.807, 2.05) is 5.38 Å². The van der Waals surface area contributed by atoms with Gasteiger partial charge in [0.1, 0.15) is 10.8 Å². The number of benzene rings is 1. The van der Waals surface area contributed by atoms with Crippen molar-refractivity contribution in [2.24, 2.45) is 5.92 Å². The van der Waals surface area contributed by atoms with Gasteiger partial charge in [-0.3, -0.25) is 4.79 Å². The monoisotopic (exact) mass is 304 g/mol. The first-order valence-corrected chi connectivity index (χ1v) is 8.03. The zero-order chi connectivity index (χ0) is 14.7. The minimum Gasteiger partial charge on any atom is -0.347 e. The number of aromatic nitrogens is 1. The van der Waals surface area contributed by atoms with Crippen molar-refractivity contribution in [3.8, 4) is 0 Å². The summed E-state index contributed by atoms with van der Waals surface area (Å²) in [7, 11) is 0. The SMILES string of the molecule is O=C(CCc1ccc(F)cc1)N[C@@H](c1nccs1)C1CC1. The van der Waals surface area contributed by atoms with Crippen molar-refractivity contribution in [3.05, 3.63) is 52.2 Å². The van der Waals surface area contributed by atoms with Gasteiger partial charge in [0.2, 0.25) is 5.91 Å². The summed E-state index contributed by atoms with van der Waals surface area (Å²) in [6, 6.07) is 6.36. The molecule has 0 saturated heterocycles. The van der Waals surface area contributed by atoms with Crippen molar-refractivity contribution in [3.63, 3.8) is 0 Å². The van der Waals surface area contributed by atoms with Gasteiger partial charge in [-0.2, -0.15) is 0 Å². The molecule has 1 aliphatic carbocycles. The smallest absolute Gasteiger partial charge is 0.220 e. The van der Waals surface area contributed by atoms with Crippen molar-refractivity contribution in [1.82, 2.24) is 10.3 Å². The summed E-state index contributed by atoms with van der Waals surface area (Å²) in [6.07, 6.45) is 5.13. The van der Waals surface area contributed by atoms with Crippen molar-refractivity contribution in [2.75, 3.05) is 0 Å². The summed E-state index contributed by atoms with van der Waals surface area (Å²) >= 11 is 1.59. The second-order valence-corrected chi connectivity index (χ2v) is 6.31. The fraction of sp³-hybridized carbons (Fsp3) is 0.375. The lowest BCUT2D eigenvalue weighted by Gasteiger charge is -2.15. The number of halogens is 1. The molecule has 1 heterocycles. The van der Waals surface area contributed by atoms with E-state index in [0.29, 0.717) is 18.8 Å². The summed E-state index contributed by atoms with van der Waals surface area (Å²) in [5, 5.41) is 6.03. The van der Waals surface area contributed by atoms with Crippen LogP contribution in [0.3, 0.4) is 0 Å². The van der Waals surface area contributed by atoms with E-state index in [-0.39, 0.29) is 17.8 Å². The highest BCUT2D eigenvalue weighted by Gasteiger charge is 2.34. The van der Waals surface area contributed by atoms with Gasteiger partial charge in [0, 0.05) is 18.0 Å². The quantitative estimate of drug-likeness (QED) is 0.887. The van der Waals surface area contributed by atoms with Crippen molar-refractivity contribution in [2.45, 2.75) is 31.7 Å². The Morgan fingerprint density at radius 3 is 2.76 bits per heavy atom. The molecule has 3 nitrogen and oxygen atoms in total. The highest BCUT2D eigenvalue weighted by molar-refractivity contribution is 7.09. The summed E-state index contributed by atoms with van der Waals surface area (Å²) in [6.45, 7) is 0. The number of hydrogen-bond donors (Lipinski definition) is 1. The van der Waals surface area contributed by atoms with Gasteiger partial charge >= 0.3 is 0 Å². The predicted molar refractivity (Wildman–Crippen MR) is 80.4 cm³/mol. The van der Waals surface area contributed by atoms with Crippen LogP contribution in [0.2, 0.25) is 0 Å². The minimum atomic E-state index is -0.249. The van der Waals surface area contributed by atoms with Gasteiger partial charge in [-0.05, 0) is 42.9 Å². The molecule has 5 heteroatoms. The van der Waals surface area contributed by atoms with Gasteiger partial charge in [-0.15, -0.1) is 11.3 Å². The maximum Gasteiger partial charge on any atom is 0.220 e. The average molecular weight is 304 g/mol. The van der Waals surface area contributed by atoms with Crippen molar-refractivity contribution >= 4 is 17.2 Å². The molecule has 1 N–H and O–H groups in total. The molecule has 2 aromatic rings. The van der Waals surface area contributed by atoms with Gasteiger partial charge < -0.3 is 5.32 Å². The Morgan fingerprint density at radius 1 is 1.38 bits per heavy atom. The van der Waals surface area contributed by atoms with E-state index < -0.39 is 0 Å². The molecule has 3 rings (SSSR count). The number of aryl methyl sites for hydroxylation is 1. The first-order chi connectivity index (χ1) is 10.2. The summed E-state index contributed by atoms with van der Waals surface area (Å²) in [4.78, 5) is 16.4. The molecule has 0 unspecified atom stereocenters. The van der Waals surface area contributed by atoms with Crippen LogP contribution in [0.4, 0.5) is 4.39 Å². The summed E-state index contributed by atoms with van der Waals surface area (Å²) in [5.74, 6) is 0.318. The molecule has 1 saturated carbocycles. The van der Waals surface area contributed by atoms with Crippen LogP contribution in [0.1, 0.15) is 35.9 Å². The largest absolute Gasteiger partial charge is 0.347 e. The second kappa shape index (κ2) is 6.35. The molecule has 0 bridgehead atoms. The standard InChI is InChI=1S/C16H17FN2OS/c17-13-6-1-11(2-7-13)3-8-14(20)19-15(12-4-5-12)16-18-9-10-21-16/h1-2,6-7,9-10,12,15H,3-5,8H2,(H,19,20)/t15-/m1/s1. The Kier molecular flexibility index (Phi) is 4.29. The number of carbonyl (C=O) groups is 1. The highest BCUT2D eigenvalue weighted by Crippen LogP contribution is 2.41. The summed E-state index contributed by atoms with van der Waals surface area (Å²) < 4.78 is 12.8. The van der Waals surface area contributed by atoms with E-state index in [1.54, 1.807) is 29.7 Å². The molecule has 1 aromatic carbocycles. The van der Waals surface area contributed by atoms with E-state index in [0.717, 1.165) is 23.4 Å². The van der Waals surface area contributed by atoms with E-state index in [1.165, 1.54) is 12.1 Å². The number of rotatable bonds is 6. The van der Waals surface area contributed by atoms with Crippen LogP contribution in [0, 0.1) is 11.7 Å². The van der Waals surface area contributed by atoms with Crippen LogP contribution >= 0.6 is 11.3 Å². The highest BCUT2D eigenvalue weighted by atomic mass is 32.1. The topological polar surface area (TPSA) is 42.0 Å². The van der Waals surface area contributed by atoms with E-state index in [9.17, 15) is 9.18 Å². The Morgan fingerprint density at radius 2 is 2.14 bits per heavy atom. The summed E-state index contributed by atoms with van der Waals surface area (Å²) in [5.41, 5.74) is 0.976. The lowest BCUT2D eigenvalue weighted by atomic mass is 10.1. The van der Waals surface area contributed by atoms with Crippen LogP contribution in [-0.4, -0.2) is 10.9 Å². The molecular weight excluding hydrogens is 287 g/mol. The third-order valence-electron chi connectivity index (χ3n) is 3.68. The lowest BCUT2D eigenvalue weighted by molar-refractivity contribution is -0.122. The number of nitrogens with one attached hydrogen (secondary N) is 1. The number of nitrogens with zero attached hydrogens (tertiary/aromatic N) is 1. The van der Waals surface area contributed by atoms with Crippen LogP contribution < -0.4 is 5.32 Å².